The quantitative estimate of drug-likeness (QED) is 0.406. The van der Waals surface area contributed by atoms with Crippen molar-refractivity contribution in [3.8, 4) is 0 Å². The van der Waals surface area contributed by atoms with Crippen LogP contribution < -0.4 is 54.4 Å². The predicted molar refractivity (Wildman–Crippen MR) is 0.686 cm³/mol. The molecule has 0 heterocycles. The first-order valence-electron chi connectivity index (χ1n) is 0.136. The molecule has 0 saturated carbocycles. The van der Waals surface area contributed by atoms with E-state index >= 15 is 0 Å². The molecule has 0 unspecified atom stereocenters. The second-order valence-corrected chi connectivity index (χ2v) is 0. The van der Waals surface area contributed by atoms with Crippen molar-refractivity contribution in [2.75, 3.05) is 0 Å². The summed E-state index contributed by atoms with van der Waals surface area (Å²) in [5.41, 5.74) is 0. The van der Waals surface area contributed by atoms with Crippen molar-refractivity contribution in [1.29, 1.82) is 0 Å². The van der Waals surface area contributed by atoms with Crippen LogP contribution >= 0.6 is 0 Å². The molecule has 0 N–H and O–H groups in total. The average molecular weight is 302 g/mol. The molecule has 0 aromatic heterocycles. The molecule has 30 valence electrons. The van der Waals surface area contributed by atoms with Crippen LogP contribution in [0, 0.1) is 0 Å². The van der Waals surface area contributed by atoms with Gasteiger partial charge in [-0.1, -0.05) is 0 Å². The van der Waals surface area contributed by atoms with Gasteiger partial charge in [0.05, 0.1) is 0 Å². The van der Waals surface area contributed by atoms with Gasteiger partial charge >= 0.3 is 51.9 Å². The van der Waals surface area contributed by atoms with E-state index in [2.05, 4.69) is 0 Å². The van der Waals surface area contributed by atoms with Crippen molar-refractivity contribution in [2.45, 2.75) is 0 Å². The summed E-state index contributed by atoms with van der Waals surface area (Å²) in [5, 5.41) is 0. The third-order valence-electron chi connectivity index (χ3n) is 0. The van der Waals surface area contributed by atoms with Gasteiger partial charge in [0.25, 0.3) is 0 Å². The van der Waals surface area contributed by atoms with Crippen LogP contribution in [0.2, 0.25) is 0 Å². The second kappa shape index (κ2) is 37.0. The molecule has 0 aliphatic rings. The molecular formula is Cl2IrNaO. The third kappa shape index (κ3) is 23.8. The summed E-state index contributed by atoms with van der Waals surface area (Å²) in [7, 11) is 0. The van der Waals surface area contributed by atoms with E-state index in [0.29, 0.717) is 0 Å². The van der Waals surface area contributed by atoms with Gasteiger partial charge in [0.2, 0.25) is 0 Å². The molecule has 5 heavy (non-hydrogen) atoms. The van der Waals surface area contributed by atoms with Crippen molar-refractivity contribution in [3.63, 3.8) is 0 Å². The van der Waals surface area contributed by atoms with Gasteiger partial charge in [-0.2, -0.15) is 0 Å². The van der Waals surface area contributed by atoms with Gasteiger partial charge in [0.1, 0.15) is 0 Å². The topological polar surface area (TPSA) is 17.1 Å². The molecule has 0 atom stereocenters. The molecular weight excluding hydrogens is 302 g/mol. The maximum atomic E-state index is 8.25. The Kier molecular flexibility index (Phi) is 206. The van der Waals surface area contributed by atoms with E-state index in [1.54, 1.807) is 0 Å². The van der Waals surface area contributed by atoms with Crippen molar-refractivity contribution in [1.82, 2.24) is 0 Å². The van der Waals surface area contributed by atoms with Gasteiger partial charge in [-0.05, 0) is 0 Å². The van der Waals surface area contributed by atoms with E-state index in [-0.39, 0.29) is 54.4 Å². The summed E-state index contributed by atoms with van der Waals surface area (Å²) < 4.78 is 8.25. The fraction of sp³-hybridized carbons (Fsp3) is 0. The van der Waals surface area contributed by atoms with Crippen molar-refractivity contribution < 1.29 is 76.7 Å². The minimum absolute atomic E-state index is 0. The SMILES string of the molecule is [Cl-].[Cl-].[Na+].[O]=[Ir+]. The molecule has 0 bridgehead atoms. The number of hydrogen-bond acceptors (Lipinski definition) is 1. The van der Waals surface area contributed by atoms with Crippen LogP contribution in [0.5, 0.6) is 0 Å². The number of rotatable bonds is 0. The predicted octanol–water partition coefficient (Wildman–Crippen LogP) is -9.11. The molecule has 0 fully saturated rings. The molecule has 0 spiro atoms. The summed E-state index contributed by atoms with van der Waals surface area (Å²) in [4.78, 5) is 0. The minimum atomic E-state index is 0. The Labute approximate surface area is 75.8 Å². The van der Waals surface area contributed by atoms with Crippen molar-refractivity contribution in [3.05, 3.63) is 0 Å². The van der Waals surface area contributed by atoms with E-state index in [1.807, 2.05) is 0 Å². The van der Waals surface area contributed by atoms with E-state index < -0.39 is 0 Å². The maximum absolute atomic E-state index is 8.25. The fourth-order valence-electron chi connectivity index (χ4n) is 0. The van der Waals surface area contributed by atoms with Gasteiger partial charge in [0.15, 0.2) is 0 Å². The summed E-state index contributed by atoms with van der Waals surface area (Å²) in [6, 6.07) is 0. The van der Waals surface area contributed by atoms with Gasteiger partial charge in [-0.3, -0.25) is 0 Å². The van der Waals surface area contributed by atoms with Crippen LogP contribution in [-0.2, 0) is 22.4 Å². The summed E-state index contributed by atoms with van der Waals surface area (Å²) in [6.07, 6.45) is 0. The average Bonchev–Trinajstić information content (AvgIpc) is 1.00. The molecule has 0 amide bonds. The van der Waals surface area contributed by atoms with E-state index in [9.17, 15) is 0 Å². The Balaban J connectivity index is -0.00000000167. The molecule has 0 radical (unpaired) electrons. The van der Waals surface area contributed by atoms with Crippen LogP contribution in [0.3, 0.4) is 0 Å². The van der Waals surface area contributed by atoms with Gasteiger partial charge < -0.3 is 24.8 Å². The summed E-state index contributed by atoms with van der Waals surface area (Å²) in [6.45, 7) is 0. The second-order valence-electron chi connectivity index (χ2n) is 0. The molecule has 1 nitrogen and oxygen atoms in total. The summed E-state index contributed by atoms with van der Waals surface area (Å²) >= 11 is 0.750. The van der Waals surface area contributed by atoms with Crippen LogP contribution in [0.4, 0.5) is 0 Å². The van der Waals surface area contributed by atoms with Crippen LogP contribution in [0.15, 0.2) is 0 Å². The Hall–Kier alpha value is 2.03. The number of hydrogen-bond donors (Lipinski definition) is 0. The zero-order chi connectivity index (χ0) is 2.00. The first-order valence-corrected chi connectivity index (χ1v) is 1.11. The Morgan fingerprint density at radius 2 is 1.00 bits per heavy atom. The van der Waals surface area contributed by atoms with Gasteiger partial charge in [0, 0.05) is 0 Å². The zero-order valence-electron chi connectivity index (χ0n) is 2.50. The van der Waals surface area contributed by atoms with Crippen molar-refractivity contribution >= 4 is 0 Å². The van der Waals surface area contributed by atoms with Crippen LogP contribution in [0.1, 0.15) is 0 Å². The van der Waals surface area contributed by atoms with Crippen molar-refractivity contribution in [2.24, 2.45) is 0 Å². The Morgan fingerprint density at radius 1 is 1.00 bits per heavy atom. The first kappa shape index (κ1) is 27.8. The molecule has 0 saturated heterocycles. The van der Waals surface area contributed by atoms with Gasteiger partial charge in [-0.15, -0.1) is 0 Å². The Morgan fingerprint density at radius 3 is 1.00 bits per heavy atom. The molecule has 0 aliphatic carbocycles. The zero-order valence-corrected chi connectivity index (χ0v) is 8.40. The summed E-state index contributed by atoms with van der Waals surface area (Å²) in [5.74, 6) is 0. The van der Waals surface area contributed by atoms with E-state index in [1.165, 1.54) is 0 Å². The molecule has 0 rings (SSSR count). The van der Waals surface area contributed by atoms with E-state index in [4.69, 9.17) is 3.50 Å². The standard InChI is InChI=1S/2ClH.Ir.Na.O/h2*1H;;;/q;;2*+1;/p-2. The van der Waals surface area contributed by atoms with Crippen LogP contribution in [0.25, 0.3) is 0 Å². The molecule has 0 aromatic rings. The molecule has 5 heteroatoms. The first-order chi connectivity index (χ1) is 1.00. The number of halogens is 2. The van der Waals surface area contributed by atoms with E-state index in [0.717, 1.165) is 18.9 Å². The monoisotopic (exact) mass is 302 g/mol. The molecule has 0 aromatic carbocycles. The fourth-order valence-corrected chi connectivity index (χ4v) is 0. The molecule has 0 aliphatic heterocycles. The van der Waals surface area contributed by atoms with Crippen LogP contribution in [-0.4, -0.2) is 0 Å². The normalized spacial score (nSPS) is 1.00. The third-order valence-corrected chi connectivity index (χ3v) is 0. The van der Waals surface area contributed by atoms with Gasteiger partial charge in [-0.25, -0.2) is 0 Å². The Bertz CT molecular complexity index is 9.61.